The largest absolute Gasteiger partial charge is 0.457 e. The SMILES string of the molecule is CC(C)c1ccccc1Oc1ccc2c(c1)C(O)CC21CCN(C(=O)c2ccc(F)cn2)C1. The van der Waals surface area contributed by atoms with Crippen LogP contribution in [0.2, 0.25) is 0 Å². The van der Waals surface area contributed by atoms with Crippen molar-refractivity contribution in [2.75, 3.05) is 13.1 Å². The lowest BCUT2D eigenvalue weighted by Crippen LogP contribution is -2.33. The third kappa shape index (κ3) is 3.89. The van der Waals surface area contributed by atoms with Crippen molar-refractivity contribution in [2.24, 2.45) is 0 Å². The Morgan fingerprint density at radius 1 is 1.21 bits per heavy atom. The number of aliphatic hydroxyl groups excluding tert-OH is 1. The zero-order valence-corrected chi connectivity index (χ0v) is 18.8. The van der Waals surface area contributed by atoms with Gasteiger partial charge in [0.1, 0.15) is 23.0 Å². The van der Waals surface area contributed by atoms with Gasteiger partial charge in [-0.2, -0.15) is 0 Å². The summed E-state index contributed by atoms with van der Waals surface area (Å²) >= 11 is 0. The number of benzene rings is 2. The minimum Gasteiger partial charge on any atom is -0.457 e. The van der Waals surface area contributed by atoms with Gasteiger partial charge in [0.05, 0.1) is 12.3 Å². The van der Waals surface area contributed by atoms with Crippen LogP contribution in [0.25, 0.3) is 0 Å². The second-order valence-electron chi connectivity index (χ2n) is 9.38. The van der Waals surface area contributed by atoms with Crippen LogP contribution in [0.1, 0.15) is 65.9 Å². The van der Waals surface area contributed by atoms with E-state index in [1.54, 1.807) is 4.90 Å². The van der Waals surface area contributed by atoms with Crippen LogP contribution in [-0.4, -0.2) is 34.0 Å². The summed E-state index contributed by atoms with van der Waals surface area (Å²) in [5.41, 5.74) is 3.01. The molecule has 1 N–H and O–H groups in total. The fraction of sp³-hybridized carbons (Fsp3) is 0.333. The Kier molecular flexibility index (Phi) is 5.41. The molecule has 6 heteroatoms. The predicted molar refractivity (Wildman–Crippen MR) is 123 cm³/mol. The molecule has 2 heterocycles. The highest BCUT2D eigenvalue weighted by Gasteiger charge is 2.48. The van der Waals surface area contributed by atoms with Crippen molar-refractivity contribution in [2.45, 2.75) is 44.1 Å². The number of halogens is 1. The summed E-state index contributed by atoms with van der Waals surface area (Å²) in [5.74, 6) is 1.17. The van der Waals surface area contributed by atoms with Crippen molar-refractivity contribution in [3.05, 3.63) is 89.0 Å². The van der Waals surface area contributed by atoms with Crippen LogP contribution in [0.3, 0.4) is 0 Å². The molecule has 2 aromatic carbocycles. The molecule has 1 aromatic heterocycles. The number of rotatable bonds is 4. The molecule has 0 radical (unpaired) electrons. The average molecular weight is 447 g/mol. The topological polar surface area (TPSA) is 62.7 Å². The van der Waals surface area contributed by atoms with Gasteiger partial charge in [-0.25, -0.2) is 9.37 Å². The molecular formula is C27H27FN2O3. The van der Waals surface area contributed by atoms with Crippen LogP contribution in [0.4, 0.5) is 4.39 Å². The molecule has 1 aliphatic heterocycles. The molecule has 2 aliphatic rings. The van der Waals surface area contributed by atoms with Gasteiger partial charge in [-0.1, -0.05) is 38.1 Å². The number of hydrogen-bond donors (Lipinski definition) is 1. The quantitative estimate of drug-likeness (QED) is 0.586. The molecular weight excluding hydrogens is 419 g/mol. The molecule has 5 nitrogen and oxygen atoms in total. The van der Waals surface area contributed by atoms with Gasteiger partial charge in [0.15, 0.2) is 0 Å². The first-order valence-corrected chi connectivity index (χ1v) is 11.4. The minimum absolute atomic E-state index is 0.208. The van der Waals surface area contributed by atoms with Crippen molar-refractivity contribution in [3.8, 4) is 11.5 Å². The van der Waals surface area contributed by atoms with Gasteiger partial charge in [0, 0.05) is 18.5 Å². The van der Waals surface area contributed by atoms with Crippen molar-refractivity contribution in [1.29, 1.82) is 0 Å². The molecule has 1 amide bonds. The first-order chi connectivity index (χ1) is 15.9. The molecule has 1 aliphatic carbocycles. The molecule has 1 fully saturated rings. The standard InChI is InChI=1S/C27H27FN2O3/c1-17(2)20-5-3-4-6-25(20)33-19-8-9-22-21(13-19)24(31)14-27(22)11-12-30(16-27)26(32)23-10-7-18(28)15-29-23/h3-10,13,15,17,24,31H,11-12,14,16H2,1-2H3. The van der Waals surface area contributed by atoms with Gasteiger partial charge in [0.2, 0.25) is 0 Å². The molecule has 2 atom stereocenters. The third-order valence-electron chi connectivity index (χ3n) is 6.89. The van der Waals surface area contributed by atoms with Gasteiger partial charge in [-0.15, -0.1) is 0 Å². The highest BCUT2D eigenvalue weighted by atomic mass is 19.1. The first-order valence-electron chi connectivity index (χ1n) is 11.4. The number of nitrogens with zero attached hydrogens (tertiary/aromatic N) is 2. The Balaban J connectivity index is 1.39. The summed E-state index contributed by atoms with van der Waals surface area (Å²) in [6.07, 6.45) is 1.78. The smallest absolute Gasteiger partial charge is 0.272 e. The predicted octanol–water partition coefficient (Wildman–Crippen LogP) is 5.36. The number of carbonyl (C=O) groups excluding carboxylic acids is 1. The van der Waals surface area contributed by atoms with E-state index in [1.165, 1.54) is 12.1 Å². The normalized spacial score (nSPS) is 21.6. The van der Waals surface area contributed by atoms with E-state index >= 15 is 0 Å². The van der Waals surface area contributed by atoms with Crippen molar-refractivity contribution in [3.63, 3.8) is 0 Å². The molecule has 170 valence electrons. The maximum Gasteiger partial charge on any atom is 0.272 e. The number of fused-ring (bicyclic) bond motifs is 2. The summed E-state index contributed by atoms with van der Waals surface area (Å²) in [6.45, 7) is 5.34. The van der Waals surface area contributed by atoms with Crippen LogP contribution in [0.15, 0.2) is 60.8 Å². The number of amides is 1. The number of para-hydroxylation sites is 1. The van der Waals surface area contributed by atoms with Crippen molar-refractivity contribution < 1.29 is 19.0 Å². The monoisotopic (exact) mass is 446 g/mol. The maximum absolute atomic E-state index is 13.2. The fourth-order valence-corrected chi connectivity index (χ4v) is 5.23. The molecule has 1 spiro atoms. The average Bonchev–Trinajstić information content (AvgIpc) is 3.35. The Hall–Kier alpha value is -3.25. The van der Waals surface area contributed by atoms with Crippen LogP contribution < -0.4 is 4.74 Å². The zero-order chi connectivity index (χ0) is 23.2. The summed E-state index contributed by atoms with van der Waals surface area (Å²) in [7, 11) is 0. The summed E-state index contributed by atoms with van der Waals surface area (Å²) < 4.78 is 19.4. The number of carbonyl (C=O) groups is 1. The number of aromatic nitrogens is 1. The molecule has 1 saturated heterocycles. The van der Waals surface area contributed by atoms with Gasteiger partial charge >= 0.3 is 0 Å². The number of aliphatic hydroxyl groups is 1. The van der Waals surface area contributed by atoms with Crippen LogP contribution in [0, 0.1) is 5.82 Å². The van der Waals surface area contributed by atoms with E-state index in [-0.39, 0.29) is 17.0 Å². The number of likely N-dealkylation sites (tertiary alicyclic amines) is 1. The fourth-order valence-electron chi connectivity index (χ4n) is 5.23. The van der Waals surface area contributed by atoms with Crippen LogP contribution >= 0.6 is 0 Å². The van der Waals surface area contributed by atoms with E-state index < -0.39 is 11.9 Å². The highest BCUT2D eigenvalue weighted by Crippen LogP contribution is 2.51. The van der Waals surface area contributed by atoms with Gasteiger partial charge in [-0.05, 0) is 65.8 Å². The molecule has 3 aromatic rings. The second kappa shape index (κ2) is 8.27. The van der Waals surface area contributed by atoms with E-state index in [0.717, 1.165) is 35.1 Å². The maximum atomic E-state index is 13.2. The lowest BCUT2D eigenvalue weighted by Gasteiger charge is -2.25. The van der Waals surface area contributed by atoms with Gasteiger partial charge in [0.25, 0.3) is 5.91 Å². The molecule has 2 unspecified atom stereocenters. The van der Waals surface area contributed by atoms with E-state index in [4.69, 9.17) is 4.74 Å². The summed E-state index contributed by atoms with van der Waals surface area (Å²) in [4.78, 5) is 18.6. The minimum atomic E-state index is -0.608. The van der Waals surface area contributed by atoms with Gasteiger partial charge < -0.3 is 14.7 Å². The van der Waals surface area contributed by atoms with E-state index in [2.05, 4.69) is 24.9 Å². The van der Waals surface area contributed by atoms with Crippen molar-refractivity contribution in [1.82, 2.24) is 9.88 Å². The molecule has 33 heavy (non-hydrogen) atoms. The van der Waals surface area contributed by atoms with Crippen molar-refractivity contribution >= 4 is 5.91 Å². The highest BCUT2D eigenvalue weighted by molar-refractivity contribution is 5.92. The lowest BCUT2D eigenvalue weighted by molar-refractivity contribution is 0.0770. The summed E-state index contributed by atoms with van der Waals surface area (Å²) in [6, 6.07) is 16.6. The second-order valence-corrected chi connectivity index (χ2v) is 9.38. The van der Waals surface area contributed by atoms with Crippen LogP contribution in [0.5, 0.6) is 11.5 Å². The Labute approximate surface area is 192 Å². The summed E-state index contributed by atoms with van der Waals surface area (Å²) in [5, 5.41) is 10.9. The Bertz CT molecular complexity index is 1190. The molecule has 5 rings (SSSR count). The van der Waals surface area contributed by atoms with E-state index in [0.29, 0.717) is 31.2 Å². The van der Waals surface area contributed by atoms with E-state index in [1.807, 2.05) is 36.4 Å². The third-order valence-corrected chi connectivity index (χ3v) is 6.89. The number of hydrogen-bond acceptors (Lipinski definition) is 4. The van der Waals surface area contributed by atoms with E-state index in [9.17, 15) is 14.3 Å². The number of ether oxygens (including phenoxy) is 1. The molecule has 0 saturated carbocycles. The van der Waals surface area contributed by atoms with Crippen LogP contribution in [-0.2, 0) is 5.41 Å². The lowest BCUT2D eigenvalue weighted by atomic mass is 9.81. The zero-order valence-electron chi connectivity index (χ0n) is 18.8. The number of pyridine rings is 1. The first kappa shape index (κ1) is 21.6. The Morgan fingerprint density at radius 3 is 2.79 bits per heavy atom. The Morgan fingerprint density at radius 2 is 2.03 bits per heavy atom. The van der Waals surface area contributed by atoms with Gasteiger partial charge in [-0.3, -0.25) is 4.79 Å². The molecule has 0 bridgehead atoms.